The van der Waals surface area contributed by atoms with Gasteiger partial charge in [0.15, 0.2) is 5.78 Å². The van der Waals surface area contributed by atoms with E-state index in [1.54, 1.807) is 31.4 Å². The van der Waals surface area contributed by atoms with Crippen LogP contribution in [0.4, 0.5) is 4.39 Å². The number of hydrogen-bond donors (Lipinski definition) is 0. The van der Waals surface area contributed by atoms with Crippen molar-refractivity contribution in [3.05, 3.63) is 82.9 Å². The summed E-state index contributed by atoms with van der Waals surface area (Å²) in [4.78, 5) is 29.8. The van der Waals surface area contributed by atoms with E-state index in [0.717, 1.165) is 17.1 Å². The summed E-state index contributed by atoms with van der Waals surface area (Å²) in [5.74, 6) is 0.386. The Kier molecular flexibility index (Phi) is 6.60. The molecule has 0 atom stereocenters. The van der Waals surface area contributed by atoms with Crippen molar-refractivity contribution in [1.82, 2.24) is 14.4 Å². The summed E-state index contributed by atoms with van der Waals surface area (Å²) < 4.78 is 20.5. The number of nitrogens with zero attached hydrogens (tertiary/aromatic N) is 3. The van der Waals surface area contributed by atoms with E-state index in [1.807, 2.05) is 41.5 Å². The zero-order valence-corrected chi connectivity index (χ0v) is 19.2. The maximum absolute atomic E-state index is 13.3. The molecule has 172 valence electrons. The number of carbonyl (C=O) groups excluding carboxylic acids is 2. The molecule has 1 aliphatic heterocycles. The molecule has 0 spiro atoms. The van der Waals surface area contributed by atoms with Crippen LogP contribution in [0.5, 0.6) is 5.75 Å². The van der Waals surface area contributed by atoms with Crippen molar-refractivity contribution in [2.24, 2.45) is 0 Å². The van der Waals surface area contributed by atoms with Crippen molar-refractivity contribution in [2.75, 3.05) is 39.8 Å². The predicted molar refractivity (Wildman–Crippen MR) is 125 cm³/mol. The third kappa shape index (κ3) is 4.83. The number of aromatic nitrogens is 1. The van der Waals surface area contributed by atoms with Gasteiger partial charge in [-0.05, 0) is 62.4 Å². The number of aryl methyl sites for hydroxylation is 1. The molecule has 0 bridgehead atoms. The lowest BCUT2D eigenvalue weighted by Gasteiger charge is -2.34. The monoisotopic (exact) mass is 449 g/mol. The summed E-state index contributed by atoms with van der Waals surface area (Å²) in [6.45, 7) is 6.56. The summed E-state index contributed by atoms with van der Waals surface area (Å²) in [6.07, 6.45) is 0. The number of hydrogen-bond acceptors (Lipinski definition) is 4. The number of Topliss-reactive ketones (excluding diaryl/α,β-unsaturated/α-hetero) is 1. The van der Waals surface area contributed by atoms with Crippen LogP contribution in [-0.2, 0) is 0 Å². The number of rotatable bonds is 6. The topological polar surface area (TPSA) is 54.8 Å². The number of ether oxygens (including phenoxy) is 1. The smallest absolute Gasteiger partial charge is 0.254 e. The first-order valence-electron chi connectivity index (χ1n) is 11.0. The van der Waals surface area contributed by atoms with Crippen LogP contribution in [-0.4, -0.2) is 65.9 Å². The molecular weight excluding hydrogens is 421 g/mol. The molecule has 6 nitrogen and oxygen atoms in total. The molecule has 1 fully saturated rings. The number of carbonyl (C=O) groups is 2. The molecule has 0 saturated carbocycles. The Bertz CT molecular complexity index is 1160. The summed E-state index contributed by atoms with van der Waals surface area (Å²) >= 11 is 0. The lowest BCUT2D eigenvalue weighted by molar-refractivity contribution is 0.0624. The summed E-state index contributed by atoms with van der Waals surface area (Å²) in [6, 6.07) is 15.3. The third-order valence-electron chi connectivity index (χ3n) is 6.16. The second kappa shape index (κ2) is 9.58. The molecule has 0 N–H and O–H groups in total. The summed E-state index contributed by atoms with van der Waals surface area (Å²) in [7, 11) is 1.58. The van der Waals surface area contributed by atoms with Crippen LogP contribution in [0.25, 0.3) is 5.69 Å². The van der Waals surface area contributed by atoms with E-state index in [0.29, 0.717) is 49.6 Å². The van der Waals surface area contributed by atoms with E-state index in [9.17, 15) is 14.0 Å². The van der Waals surface area contributed by atoms with Gasteiger partial charge in [-0.3, -0.25) is 14.5 Å². The standard InChI is InChI=1S/C26H28FN3O3/c1-18-15-24(19(2)30(18)22-9-7-21(27)8-10-22)25(31)17-28-11-13-29(14-12-28)26(32)20-5-4-6-23(16-20)33-3/h4-10,15-16H,11-14,17H2,1-3H3. The van der Waals surface area contributed by atoms with Gasteiger partial charge in [-0.15, -0.1) is 0 Å². The Balaban J connectivity index is 1.39. The Morgan fingerprint density at radius 1 is 0.970 bits per heavy atom. The zero-order valence-electron chi connectivity index (χ0n) is 19.2. The Morgan fingerprint density at radius 3 is 2.33 bits per heavy atom. The SMILES string of the molecule is COc1cccc(C(=O)N2CCN(CC(=O)c3cc(C)n(-c4ccc(F)cc4)c3C)CC2)c1. The van der Waals surface area contributed by atoms with Crippen molar-refractivity contribution < 1.29 is 18.7 Å². The number of benzene rings is 2. The molecule has 0 radical (unpaired) electrons. The van der Waals surface area contributed by atoms with Crippen molar-refractivity contribution in [2.45, 2.75) is 13.8 Å². The van der Waals surface area contributed by atoms with Crippen LogP contribution >= 0.6 is 0 Å². The first kappa shape index (κ1) is 22.7. The van der Waals surface area contributed by atoms with Crippen LogP contribution in [0.3, 0.4) is 0 Å². The minimum absolute atomic E-state index is 0.0253. The fraction of sp³-hybridized carbons (Fsp3) is 0.308. The Labute approximate surface area is 193 Å². The lowest BCUT2D eigenvalue weighted by Crippen LogP contribution is -2.49. The third-order valence-corrected chi connectivity index (χ3v) is 6.16. The molecule has 3 aromatic rings. The van der Waals surface area contributed by atoms with Crippen LogP contribution in [0.2, 0.25) is 0 Å². The Hall–Kier alpha value is -3.45. The van der Waals surface area contributed by atoms with Crippen LogP contribution in [0.15, 0.2) is 54.6 Å². The summed E-state index contributed by atoms with van der Waals surface area (Å²) in [5, 5.41) is 0. The second-order valence-corrected chi connectivity index (χ2v) is 8.32. The van der Waals surface area contributed by atoms with E-state index >= 15 is 0 Å². The molecule has 7 heteroatoms. The molecule has 1 aliphatic rings. The highest BCUT2D eigenvalue weighted by Crippen LogP contribution is 2.22. The average Bonchev–Trinajstić information content (AvgIpc) is 3.13. The largest absolute Gasteiger partial charge is 0.497 e. The van der Waals surface area contributed by atoms with Gasteiger partial charge in [0, 0.05) is 54.4 Å². The van der Waals surface area contributed by atoms with Gasteiger partial charge >= 0.3 is 0 Å². The molecule has 0 aliphatic carbocycles. The molecular formula is C26H28FN3O3. The van der Waals surface area contributed by atoms with E-state index in [-0.39, 0.29) is 17.5 Å². The minimum Gasteiger partial charge on any atom is -0.497 e. The van der Waals surface area contributed by atoms with Gasteiger partial charge in [-0.25, -0.2) is 4.39 Å². The molecule has 1 amide bonds. The fourth-order valence-electron chi connectivity index (χ4n) is 4.37. The number of piperazine rings is 1. The van der Waals surface area contributed by atoms with Gasteiger partial charge in [-0.2, -0.15) is 0 Å². The quantitative estimate of drug-likeness (QED) is 0.536. The van der Waals surface area contributed by atoms with Crippen molar-refractivity contribution in [3.8, 4) is 11.4 Å². The van der Waals surface area contributed by atoms with Crippen LogP contribution in [0.1, 0.15) is 32.1 Å². The first-order chi connectivity index (χ1) is 15.9. The highest BCUT2D eigenvalue weighted by molar-refractivity contribution is 5.99. The van der Waals surface area contributed by atoms with Crippen molar-refractivity contribution in [1.29, 1.82) is 0 Å². The average molecular weight is 450 g/mol. The lowest BCUT2D eigenvalue weighted by atomic mass is 10.1. The number of methoxy groups -OCH3 is 1. The highest BCUT2D eigenvalue weighted by atomic mass is 19.1. The van der Waals surface area contributed by atoms with E-state index in [1.165, 1.54) is 12.1 Å². The van der Waals surface area contributed by atoms with Gasteiger partial charge in [0.25, 0.3) is 5.91 Å². The van der Waals surface area contributed by atoms with Crippen molar-refractivity contribution >= 4 is 11.7 Å². The first-order valence-corrected chi connectivity index (χ1v) is 11.0. The zero-order chi connectivity index (χ0) is 23.5. The molecule has 1 saturated heterocycles. The highest BCUT2D eigenvalue weighted by Gasteiger charge is 2.25. The maximum Gasteiger partial charge on any atom is 0.254 e. The van der Waals surface area contributed by atoms with Gasteiger partial charge < -0.3 is 14.2 Å². The van der Waals surface area contributed by atoms with Gasteiger partial charge in [0.2, 0.25) is 0 Å². The summed E-state index contributed by atoms with van der Waals surface area (Å²) in [5.41, 5.74) is 3.88. The fourth-order valence-corrected chi connectivity index (χ4v) is 4.37. The second-order valence-electron chi connectivity index (χ2n) is 8.32. The number of amides is 1. The van der Waals surface area contributed by atoms with Gasteiger partial charge in [0.1, 0.15) is 11.6 Å². The molecule has 0 unspecified atom stereocenters. The predicted octanol–water partition coefficient (Wildman–Crippen LogP) is 3.88. The van der Waals surface area contributed by atoms with E-state index in [2.05, 4.69) is 4.90 Å². The molecule has 2 aromatic carbocycles. The molecule has 33 heavy (non-hydrogen) atoms. The molecule has 2 heterocycles. The maximum atomic E-state index is 13.3. The minimum atomic E-state index is -0.290. The van der Waals surface area contributed by atoms with Crippen LogP contribution < -0.4 is 4.74 Å². The number of halogens is 1. The van der Waals surface area contributed by atoms with E-state index in [4.69, 9.17) is 4.74 Å². The molecule has 4 rings (SSSR count). The van der Waals surface area contributed by atoms with Crippen molar-refractivity contribution in [3.63, 3.8) is 0 Å². The van der Waals surface area contributed by atoms with Gasteiger partial charge in [0.05, 0.1) is 13.7 Å². The normalized spacial score (nSPS) is 14.4. The van der Waals surface area contributed by atoms with E-state index < -0.39 is 0 Å². The van der Waals surface area contributed by atoms with Gasteiger partial charge in [-0.1, -0.05) is 6.07 Å². The Morgan fingerprint density at radius 2 is 1.67 bits per heavy atom. The molecule has 1 aromatic heterocycles. The van der Waals surface area contributed by atoms with Crippen LogP contribution in [0, 0.1) is 19.7 Å². The number of ketones is 1.